The Morgan fingerprint density at radius 3 is 2.90 bits per heavy atom. The lowest BCUT2D eigenvalue weighted by atomic mass is 10.3. The van der Waals surface area contributed by atoms with Gasteiger partial charge in [0.25, 0.3) is 0 Å². The smallest absolute Gasteiger partial charge is 0.231 e. The van der Waals surface area contributed by atoms with Crippen LogP contribution >= 0.6 is 0 Å². The van der Waals surface area contributed by atoms with Crippen molar-refractivity contribution in [1.82, 2.24) is 9.97 Å². The van der Waals surface area contributed by atoms with Crippen molar-refractivity contribution in [3.63, 3.8) is 0 Å². The highest BCUT2D eigenvalue weighted by atomic mass is 19.1. The van der Waals surface area contributed by atoms with Crippen LogP contribution in [-0.2, 0) is 0 Å². The van der Waals surface area contributed by atoms with E-state index in [0.29, 0.717) is 11.4 Å². The maximum Gasteiger partial charge on any atom is 0.231 e. The molecule has 1 heterocycles. The third-order valence-corrected chi connectivity index (χ3v) is 1.16. The largest absolute Gasteiger partial charge is 0.255 e. The molecule has 0 aliphatic heterocycles. The molecule has 3 heteroatoms. The molecule has 0 fully saturated rings. The molecule has 0 radical (unpaired) electrons. The zero-order valence-corrected chi connectivity index (χ0v) is 5.63. The zero-order valence-electron chi connectivity index (χ0n) is 5.63. The lowest BCUT2D eigenvalue weighted by Crippen LogP contribution is -1.93. The van der Waals surface area contributed by atoms with Gasteiger partial charge in [0.15, 0.2) is 0 Å². The first kappa shape index (κ1) is 6.86. The molecule has 1 aromatic heterocycles. The van der Waals surface area contributed by atoms with E-state index in [1.54, 1.807) is 6.92 Å². The minimum atomic E-state index is -0.569. The minimum Gasteiger partial charge on any atom is -0.255 e. The topological polar surface area (TPSA) is 25.8 Å². The lowest BCUT2D eigenvalue weighted by molar-refractivity contribution is 0.573. The average Bonchev–Trinajstić information content (AvgIpc) is 1.94. The van der Waals surface area contributed by atoms with Crippen LogP contribution in [0.2, 0.25) is 0 Å². The van der Waals surface area contributed by atoms with Crippen molar-refractivity contribution in [1.29, 1.82) is 0 Å². The summed E-state index contributed by atoms with van der Waals surface area (Å²) in [5.41, 5.74) is 1.19. The maximum absolute atomic E-state index is 12.3. The Kier molecular flexibility index (Phi) is 1.76. The molecule has 0 saturated carbocycles. The van der Waals surface area contributed by atoms with Crippen LogP contribution in [0.25, 0.3) is 6.08 Å². The molecule has 52 valence electrons. The molecule has 10 heavy (non-hydrogen) atoms. The van der Waals surface area contributed by atoms with E-state index in [2.05, 4.69) is 16.5 Å². The highest BCUT2D eigenvalue weighted by molar-refractivity contribution is 5.43. The summed E-state index contributed by atoms with van der Waals surface area (Å²) in [6, 6.07) is 0. The average molecular weight is 138 g/mol. The second kappa shape index (κ2) is 2.56. The van der Waals surface area contributed by atoms with Gasteiger partial charge in [-0.2, -0.15) is 4.39 Å². The van der Waals surface area contributed by atoms with Crippen LogP contribution in [0.4, 0.5) is 4.39 Å². The number of nitrogens with zero attached hydrogens (tertiary/aromatic N) is 2. The van der Waals surface area contributed by atoms with Gasteiger partial charge in [-0.1, -0.05) is 6.58 Å². The van der Waals surface area contributed by atoms with Crippen LogP contribution in [-0.4, -0.2) is 9.97 Å². The molecule has 2 nitrogen and oxygen atoms in total. The van der Waals surface area contributed by atoms with Crippen LogP contribution in [0.15, 0.2) is 12.8 Å². The Hall–Kier alpha value is -1.25. The zero-order chi connectivity index (χ0) is 7.56. The molecule has 0 unspecified atom stereocenters. The van der Waals surface area contributed by atoms with Crippen molar-refractivity contribution >= 4 is 6.08 Å². The molecular weight excluding hydrogens is 131 g/mol. The first-order valence-corrected chi connectivity index (χ1v) is 2.85. The predicted octanol–water partition coefficient (Wildman–Crippen LogP) is 1.57. The Labute approximate surface area is 58.4 Å². The molecule has 0 aliphatic carbocycles. The Morgan fingerprint density at radius 1 is 1.70 bits per heavy atom. The van der Waals surface area contributed by atoms with Crippen LogP contribution < -0.4 is 0 Å². The molecule has 0 bridgehead atoms. The van der Waals surface area contributed by atoms with Crippen molar-refractivity contribution in [2.45, 2.75) is 6.92 Å². The predicted molar refractivity (Wildman–Crippen MR) is 36.8 cm³/mol. The van der Waals surface area contributed by atoms with Crippen molar-refractivity contribution in [3.05, 3.63) is 30.1 Å². The van der Waals surface area contributed by atoms with Crippen molar-refractivity contribution in [2.75, 3.05) is 0 Å². The SMILES string of the molecule is C=Cc1nc(F)cnc1C. The fourth-order valence-corrected chi connectivity index (χ4v) is 0.634. The molecule has 0 amide bonds. The van der Waals surface area contributed by atoms with E-state index in [9.17, 15) is 4.39 Å². The van der Waals surface area contributed by atoms with Gasteiger partial charge in [0, 0.05) is 0 Å². The van der Waals surface area contributed by atoms with Gasteiger partial charge in [0.1, 0.15) is 0 Å². The maximum atomic E-state index is 12.3. The van der Waals surface area contributed by atoms with E-state index in [-0.39, 0.29) is 0 Å². The van der Waals surface area contributed by atoms with Gasteiger partial charge in [-0.05, 0) is 13.0 Å². The first-order valence-electron chi connectivity index (χ1n) is 2.85. The second-order valence-electron chi connectivity index (χ2n) is 1.87. The number of hydrogen-bond acceptors (Lipinski definition) is 2. The van der Waals surface area contributed by atoms with E-state index < -0.39 is 5.95 Å². The van der Waals surface area contributed by atoms with Crippen LogP contribution in [0, 0.1) is 12.9 Å². The lowest BCUT2D eigenvalue weighted by Gasteiger charge is -1.95. The van der Waals surface area contributed by atoms with Gasteiger partial charge in [0.2, 0.25) is 5.95 Å². The van der Waals surface area contributed by atoms with Gasteiger partial charge in [0.05, 0.1) is 17.6 Å². The summed E-state index contributed by atoms with van der Waals surface area (Å²) >= 11 is 0. The Bertz CT molecular complexity index is 258. The molecule has 0 aromatic carbocycles. The van der Waals surface area contributed by atoms with E-state index >= 15 is 0 Å². The van der Waals surface area contributed by atoms with Gasteiger partial charge in [-0.15, -0.1) is 0 Å². The summed E-state index contributed by atoms with van der Waals surface area (Å²) in [6.45, 7) is 5.22. The highest BCUT2D eigenvalue weighted by Crippen LogP contribution is 2.02. The normalized spacial score (nSPS) is 9.40. The molecular formula is C7H7FN2. The number of rotatable bonds is 1. The summed E-state index contributed by atoms with van der Waals surface area (Å²) in [5, 5.41) is 0. The standard InChI is InChI=1S/C7H7FN2/c1-3-6-5(2)9-4-7(8)10-6/h3-4H,1H2,2H3. The molecule has 0 saturated heterocycles. The summed E-state index contributed by atoms with van der Waals surface area (Å²) in [4.78, 5) is 7.28. The second-order valence-corrected chi connectivity index (χ2v) is 1.87. The van der Waals surface area contributed by atoms with E-state index in [4.69, 9.17) is 0 Å². The quantitative estimate of drug-likeness (QED) is 0.588. The molecule has 1 rings (SSSR count). The molecule has 0 spiro atoms. The highest BCUT2D eigenvalue weighted by Gasteiger charge is 1.97. The van der Waals surface area contributed by atoms with Gasteiger partial charge < -0.3 is 0 Å². The van der Waals surface area contributed by atoms with E-state index in [1.165, 1.54) is 6.08 Å². The van der Waals surface area contributed by atoms with Crippen molar-refractivity contribution in [3.8, 4) is 0 Å². The fourth-order valence-electron chi connectivity index (χ4n) is 0.634. The van der Waals surface area contributed by atoms with E-state index in [0.717, 1.165) is 6.20 Å². The Morgan fingerprint density at radius 2 is 2.40 bits per heavy atom. The monoisotopic (exact) mass is 138 g/mol. The number of aryl methyl sites for hydroxylation is 1. The number of aromatic nitrogens is 2. The van der Waals surface area contributed by atoms with Gasteiger partial charge in [-0.25, -0.2) is 4.98 Å². The van der Waals surface area contributed by atoms with Gasteiger partial charge >= 0.3 is 0 Å². The van der Waals surface area contributed by atoms with E-state index in [1.807, 2.05) is 0 Å². The van der Waals surface area contributed by atoms with Crippen molar-refractivity contribution < 1.29 is 4.39 Å². The number of hydrogen-bond donors (Lipinski definition) is 0. The third kappa shape index (κ3) is 1.18. The molecule has 0 atom stereocenters. The van der Waals surface area contributed by atoms with Crippen LogP contribution in [0.1, 0.15) is 11.4 Å². The molecule has 0 aliphatic rings. The molecule has 0 N–H and O–H groups in total. The van der Waals surface area contributed by atoms with Crippen LogP contribution in [0.5, 0.6) is 0 Å². The fraction of sp³-hybridized carbons (Fsp3) is 0.143. The summed E-state index contributed by atoms with van der Waals surface area (Å²) in [5.74, 6) is -0.569. The summed E-state index contributed by atoms with van der Waals surface area (Å²) in [7, 11) is 0. The van der Waals surface area contributed by atoms with Gasteiger partial charge in [-0.3, -0.25) is 4.98 Å². The molecule has 1 aromatic rings. The summed E-state index contributed by atoms with van der Waals surface area (Å²) < 4.78 is 12.3. The Balaban J connectivity index is 3.21. The van der Waals surface area contributed by atoms with Crippen LogP contribution in [0.3, 0.4) is 0 Å². The number of halogens is 1. The summed E-state index contributed by atoms with van der Waals surface area (Å²) in [6.07, 6.45) is 2.56. The first-order chi connectivity index (χ1) is 4.74. The van der Waals surface area contributed by atoms with Crippen molar-refractivity contribution in [2.24, 2.45) is 0 Å². The minimum absolute atomic E-state index is 0.500. The third-order valence-electron chi connectivity index (χ3n) is 1.16.